The van der Waals surface area contributed by atoms with Gasteiger partial charge in [0.2, 0.25) is 0 Å². The van der Waals surface area contributed by atoms with Crippen LogP contribution in [0.3, 0.4) is 0 Å². The fourth-order valence-electron chi connectivity index (χ4n) is 2.11. The number of Topliss-reactive ketones (excluding diaryl/α,β-unsaturated/α-hetero) is 1. The summed E-state index contributed by atoms with van der Waals surface area (Å²) in [5.74, 6) is -1.91. The van der Waals surface area contributed by atoms with Crippen LogP contribution in [0.15, 0.2) is 0 Å². The summed E-state index contributed by atoms with van der Waals surface area (Å²) in [5.41, 5.74) is -0.431. The van der Waals surface area contributed by atoms with Crippen LogP contribution in [0, 0.1) is 11.3 Å². The number of hydrogen-bond donors (Lipinski definition) is 1. The highest BCUT2D eigenvalue weighted by molar-refractivity contribution is 6.01. The molecular weight excluding hydrogens is 192 g/mol. The van der Waals surface area contributed by atoms with Gasteiger partial charge >= 0.3 is 5.97 Å². The van der Waals surface area contributed by atoms with Crippen LogP contribution < -0.4 is 0 Å². The zero-order valence-electron chi connectivity index (χ0n) is 10.2. The summed E-state index contributed by atoms with van der Waals surface area (Å²) in [7, 11) is 0. The zero-order chi connectivity index (χ0) is 12.1. The monoisotopic (exact) mass is 214 g/mol. The first-order valence-electron chi connectivity index (χ1n) is 5.76. The minimum atomic E-state index is -0.984. The molecule has 0 amide bonds. The van der Waals surface area contributed by atoms with Crippen molar-refractivity contribution < 1.29 is 14.7 Å². The zero-order valence-corrected chi connectivity index (χ0v) is 10.2. The highest BCUT2D eigenvalue weighted by atomic mass is 16.4. The van der Waals surface area contributed by atoms with Gasteiger partial charge in [-0.2, -0.15) is 0 Å². The van der Waals surface area contributed by atoms with Crippen LogP contribution in [-0.2, 0) is 9.59 Å². The molecule has 0 saturated heterocycles. The van der Waals surface area contributed by atoms with Crippen molar-refractivity contribution in [3.63, 3.8) is 0 Å². The average Bonchev–Trinajstić information content (AvgIpc) is 2.22. The molecule has 0 aromatic carbocycles. The van der Waals surface area contributed by atoms with Crippen molar-refractivity contribution >= 4 is 11.8 Å². The minimum Gasteiger partial charge on any atom is -0.481 e. The largest absolute Gasteiger partial charge is 0.481 e. The second-order valence-electron chi connectivity index (χ2n) is 4.00. The quantitative estimate of drug-likeness (QED) is 0.663. The first-order chi connectivity index (χ1) is 6.98. The van der Waals surface area contributed by atoms with Gasteiger partial charge in [0.05, 0.1) is 0 Å². The third-order valence-corrected chi connectivity index (χ3v) is 3.58. The van der Waals surface area contributed by atoms with Crippen LogP contribution in [-0.4, -0.2) is 16.9 Å². The summed E-state index contributed by atoms with van der Waals surface area (Å²) in [6.07, 6.45) is 2.56. The SMILES string of the molecule is CCC(C(=O)O)C(=O)C(CC)(CC)CC. The Labute approximate surface area is 91.9 Å². The lowest BCUT2D eigenvalue weighted by molar-refractivity contribution is -0.150. The summed E-state index contributed by atoms with van der Waals surface area (Å²) in [6.45, 7) is 7.63. The van der Waals surface area contributed by atoms with Crippen molar-refractivity contribution in [1.82, 2.24) is 0 Å². The van der Waals surface area contributed by atoms with Gasteiger partial charge in [-0.25, -0.2) is 0 Å². The van der Waals surface area contributed by atoms with Crippen molar-refractivity contribution in [2.24, 2.45) is 11.3 Å². The molecule has 0 bridgehead atoms. The average molecular weight is 214 g/mol. The van der Waals surface area contributed by atoms with Crippen LogP contribution in [0.2, 0.25) is 0 Å². The first-order valence-corrected chi connectivity index (χ1v) is 5.76. The predicted octanol–water partition coefficient (Wildman–Crippen LogP) is 2.88. The first kappa shape index (κ1) is 14.1. The van der Waals surface area contributed by atoms with Crippen molar-refractivity contribution in [3.05, 3.63) is 0 Å². The molecule has 0 radical (unpaired) electrons. The molecule has 0 fully saturated rings. The maximum atomic E-state index is 12.2. The lowest BCUT2D eigenvalue weighted by atomic mass is 9.71. The van der Waals surface area contributed by atoms with E-state index in [2.05, 4.69) is 0 Å². The second-order valence-corrected chi connectivity index (χ2v) is 4.00. The predicted molar refractivity (Wildman–Crippen MR) is 59.7 cm³/mol. The Hall–Kier alpha value is -0.860. The molecular formula is C12H22O3. The molecule has 0 saturated carbocycles. The molecule has 15 heavy (non-hydrogen) atoms. The van der Waals surface area contributed by atoms with E-state index in [1.165, 1.54) is 0 Å². The lowest BCUT2D eigenvalue weighted by Crippen LogP contribution is -2.38. The van der Waals surface area contributed by atoms with Gasteiger partial charge in [-0.1, -0.05) is 27.7 Å². The maximum absolute atomic E-state index is 12.2. The molecule has 0 aliphatic carbocycles. The Morgan fingerprint density at radius 3 is 1.67 bits per heavy atom. The van der Waals surface area contributed by atoms with Crippen molar-refractivity contribution in [2.45, 2.75) is 53.4 Å². The molecule has 0 aromatic heterocycles. The molecule has 0 aliphatic heterocycles. The van der Waals surface area contributed by atoms with Gasteiger partial charge in [0, 0.05) is 5.41 Å². The van der Waals surface area contributed by atoms with E-state index in [0.717, 1.165) is 19.3 Å². The van der Waals surface area contributed by atoms with Gasteiger partial charge in [-0.3, -0.25) is 9.59 Å². The third-order valence-electron chi connectivity index (χ3n) is 3.58. The third kappa shape index (κ3) is 2.80. The normalized spacial score (nSPS) is 13.6. The van der Waals surface area contributed by atoms with Gasteiger partial charge in [-0.05, 0) is 25.7 Å². The number of aliphatic carboxylic acids is 1. The van der Waals surface area contributed by atoms with Gasteiger partial charge < -0.3 is 5.11 Å². The van der Waals surface area contributed by atoms with Crippen LogP contribution in [0.5, 0.6) is 0 Å². The summed E-state index contributed by atoms with van der Waals surface area (Å²) < 4.78 is 0. The van der Waals surface area contributed by atoms with E-state index in [0.29, 0.717) is 6.42 Å². The summed E-state index contributed by atoms with van der Waals surface area (Å²) in [4.78, 5) is 23.1. The molecule has 1 N–H and O–H groups in total. The van der Waals surface area contributed by atoms with Gasteiger partial charge in [0.1, 0.15) is 5.92 Å². The molecule has 0 aromatic rings. The lowest BCUT2D eigenvalue weighted by Gasteiger charge is -2.31. The number of carbonyl (C=O) groups excluding carboxylic acids is 1. The van der Waals surface area contributed by atoms with Gasteiger partial charge in [0.15, 0.2) is 5.78 Å². The highest BCUT2D eigenvalue weighted by Gasteiger charge is 2.39. The molecule has 0 aliphatic rings. The van der Waals surface area contributed by atoms with Crippen LogP contribution in [0.1, 0.15) is 53.4 Å². The fraction of sp³-hybridized carbons (Fsp3) is 0.833. The van der Waals surface area contributed by atoms with E-state index in [9.17, 15) is 9.59 Å². The smallest absolute Gasteiger partial charge is 0.314 e. The fourth-order valence-corrected chi connectivity index (χ4v) is 2.11. The number of rotatable bonds is 7. The summed E-state index contributed by atoms with van der Waals surface area (Å²) in [6, 6.07) is 0. The Bertz CT molecular complexity index is 221. The van der Waals surface area contributed by atoms with Crippen LogP contribution in [0.25, 0.3) is 0 Å². The molecule has 3 heteroatoms. The van der Waals surface area contributed by atoms with Crippen LogP contribution in [0.4, 0.5) is 0 Å². The number of carboxylic acid groups (broad SMARTS) is 1. The molecule has 1 atom stereocenters. The number of hydrogen-bond acceptors (Lipinski definition) is 2. The van der Waals surface area contributed by atoms with Gasteiger partial charge in [-0.15, -0.1) is 0 Å². The highest BCUT2D eigenvalue weighted by Crippen LogP contribution is 2.35. The van der Waals surface area contributed by atoms with Crippen molar-refractivity contribution in [1.29, 1.82) is 0 Å². The molecule has 0 spiro atoms. The van der Waals surface area contributed by atoms with E-state index >= 15 is 0 Å². The molecule has 1 unspecified atom stereocenters. The second kappa shape index (κ2) is 5.89. The topological polar surface area (TPSA) is 54.4 Å². The van der Waals surface area contributed by atoms with Crippen molar-refractivity contribution in [2.75, 3.05) is 0 Å². The number of carbonyl (C=O) groups is 2. The summed E-state index contributed by atoms with van der Waals surface area (Å²) >= 11 is 0. The van der Waals surface area contributed by atoms with E-state index in [4.69, 9.17) is 5.11 Å². The van der Waals surface area contributed by atoms with Crippen LogP contribution >= 0.6 is 0 Å². The molecule has 0 heterocycles. The molecule has 3 nitrogen and oxygen atoms in total. The Balaban J connectivity index is 4.99. The Morgan fingerprint density at radius 1 is 1.07 bits per heavy atom. The molecule has 88 valence electrons. The maximum Gasteiger partial charge on any atom is 0.314 e. The Kier molecular flexibility index (Phi) is 5.55. The number of ketones is 1. The standard InChI is InChI=1S/C12H22O3/c1-5-9(11(14)15)10(13)12(6-2,7-3)8-4/h9H,5-8H2,1-4H3,(H,14,15). The summed E-state index contributed by atoms with van der Waals surface area (Å²) in [5, 5.41) is 8.97. The van der Waals surface area contributed by atoms with Gasteiger partial charge in [0.25, 0.3) is 0 Å². The van der Waals surface area contributed by atoms with E-state index in [1.54, 1.807) is 6.92 Å². The molecule has 0 rings (SSSR count). The van der Waals surface area contributed by atoms with E-state index in [1.807, 2.05) is 20.8 Å². The van der Waals surface area contributed by atoms with E-state index in [-0.39, 0.29) is 5.78 Å². The van der Waals surface area contributed by atoms with Crippen molar-refractivity contribution in [3.8, 4) is 0 Å². The minimum absolute atomic E-state index is 0.0926. The Morgan fingerprint density at radius 2 is 1.47 bits per heavy atom. The van der Waals surface area contributed by atoms with E-state index < -0.39 is 17.3 Å². The number of carboxylic acids is 1.